The van der Waals surface area contributed by atoms with Crippen LogP contribution in [0.25, 0.3) is 0 Å². The van der Waals surface area contributed by atoms with Crippen LogP contribution in [-0.2, 0) is 0 Å². The van der Waals surface area contributed by atoms with Gasteiger partial charge in [0.25, 0.3) is 0 Å². The van der Waals surface area contributed by atoms with Gasteiger partial charge in [0.1, 0.15) is 5.70 Å². The number of hydrogen-bond donors (Lipinski definition) is 1. The summed E-state index contributed by atoms with van der Waals surface area (Å²) in [6.45, 7) is 23.5. The summed E-state index contributed by atoms with van der Waals surface area (Å²) in [7, 11) is 0. The number of nitrogens with one attached hydrogen (secondary N) is 1. The van der Waals surface area contributed by atoms with Gasteiger partial charge in [0.2, 0.25) is 0 Å². The van der Waals surface area contributed by atoms with Gasteiger partial charge in [0.05, 0.1) is 6.07 Å². The standard InChI is InChI=1S/C29H52N2O.C2H3N.2C2H6/c1-7-25(5)29(31-32)26(6)27-18-20-28(19-17-24(4)22-27)30-21-15-13-11-9-8-10-12-14-16-23(2)3;1-2-3;2*1-2/h7,22-24,28,30H,8-21H2,1-6H3;1H3;2*1-2H3/b25-7+,27-22+,29-26+;;;. The van der Waals surface area contributed by atoms with Crippen molar-refractivity contribution >= 4 is 0 Å². The number of rotatable bonds is 15. The smallest absolute Gasteiger partial charge is 0.113 e. The Morgan fingerprint density at radius 3 is 2.00 bits per heavy atom. The van der Waals surface area contributed by atoms with Gasteiger partial charge < -0.3 is 5.32 Å². The van der Waals surface area contributed by atoms with Crippen molar-refractivity contribution in [2.75, 3.05) is 6.54 Å². The Labute approximate surface area is 245 Å². The largest absolute Gasteiger partial charge is 0.314 e. The molecule has 1 N–H and O–H groups in total. The average Bonchev–Trinajstić information content (AvgIpc) is 2.93. The molecule has 0 heterocycles. The van der Waals surface area contributed by atoms with E-state index in [2.05, 4.69) is 44.3 Å². The van der Waals surface area contributed by atoms with Crippen LogP contribution in [-0.4, -0.2) is 12.6 Å². The van der Waals surface area contributed by atoms with Crippen LogP contribution in [0.15, 0.2) is 39.7 Å². The van der Waals surface area contributed by atoms with Crippen molar-refractivity contribution < 1.29 is 0 Å². The second kappa shape index (κ2) is 30.8. The summed E-state index contributed by atoms with van der Waals surface area (Å²) in [5.74, 6) is 1.41. The van der Waals surface area contributed by atoms with Gasteiger partial charge in [0, 0.05) is 13.0 Å². The van der Waals surface area contributed by atoms with Gasteiger partial charge in [-0.3, -0.25) is 0 Å². The zero-order chi connectivity index (χ0) is 30.5. The Morgan fingerprint density at radius 2 is 1.51 bits per heavy atom. The quantitative estimate of drug-likeness (QED) is 0.126. The number of nitriles is 1. The van der Waals surface area contributed by atoms with Crippen molar-refractivity contribution in [3.63, 3.8) is 0 Å². The number of hydrogen-bond acceptors (Lipinski definition) is 4. The second-order valence-corrected chi connectivity index (χ2v) is 10.7. The van der Waals surface area contributed by atoms with Gasteiger partial charge in [-0.05, 0) is 93.2 Å². The molecule has 1 aliphatic carbocycles. The van der Waals surface area contributed by atoms with Gasteiger partial charge in [0.15, 0.2) is 0 Å². The molecule has 0 spiro atoms. The van der Waals surface area contributed by atoms with Crippen LogP contribution in [0.4, 0.5) is 0 Å². The maximum Gasteiger partial charge on any atom is 0.113 e. The third kappa shape index (κ3) is 23.8. The van der Waals surface area contributed by atoms with E-state index in [1.807, 2.05) is 47.6 Å². The van der Waals surface area contributed by atoms with E-state index < -0.39 is 0 Å². The Balaban J connectivity index is -0.00000169. The highest BCUT2D eigenvalue weighted by Gasteiger charge is 2.18. The van der Waals surface area contributed by atoms with E-state index in [0.29, 0.717) is 17.7 Å². The predicted molar refractivity (Wildman–Crippen MR) is 176 cm³/mol. The monoisotopic (exact) mass is 546 g/mol. The minimum Gasteiger partial charge on any atom is -0.314 e. The van der Waals surface area contributed by atoms with Gasteiger partial charge in [-0.1, -0.05) is 112 Å². The van der Waals surface area contributed by atoms with Gasteiger partial charge in [-0.2, -0.15) is 5.26 Å². The van der Waals surface area contributed by atoms with E-state index in [-0.39, 0.29) is 0 Å². The summed E-state index contributed by atoms with van der Waals surface area (Å²) in [5.41, 5.74) is 3.97. The van der Waals surface area contributed by atoms with Crippen LogP contribution in [0.5, 0.6) is 0 Å². The molecule has 0 radical (unpaired) electrons. The first-order chi connectivity index (χ1) is 18.8. The van der Waals surface area contributed by atoms with Crippen LogP contribution in [0, 0.1) is 28.1 Å². The minimum atomic E-state index is 0.545. The third-order valence-corrected chi connectivity index (χ3v) is 7.09. The lowest BCUT2D eigenvalue weighted by molar-refractivity contribution is 0.404. The normalized spacial score (nSPS) is 19.2. The number of allylic oxidation sites excluding steroid dienone is 5. The van der Waals surface area contributed by atoms with Gasteiger partial charge in [-0.25, -0.2) is 0 Å². The third-order valence-electron chi connectivity index (χ3n) is 7.09. The fourth-order valence-corrected chi connectivity index (χ4v) is 4.73. The number of unbranched alkanes of at least 4 members (excludes halogenated alkanes) is 7. The fourth-order valence-electron chi connectivity index (χ4n) is 4.73. The maximum atomic E-state index is 11.4. The molecular formula is C35H67N3O. The van der Waals surface area contributed by atoms with Crippen molar-refractivity contribution in [2.45, 2.75) is 166 Å². The molecule has 2 unspecified atom stereocenters. The first kappa shape index (κ1) is 41.7. The highest BCUT2D eigenvalue weighted by molar-refractivity contribution is 5.42. The summed E-state index contributed by atoms with van der Waals surface area (Å²) in [4.78, 5) is 11.4. The van der Waals surface area contributed by atoms with E-state index in [9.17, 15) is 4.91 Å². The molecule has 0 aromatic rings. The Morgan fingerprint density at radius 1 is 1.00 bits per heavy atom. The highest BCUT2D eigenvalue weighted by Crippen LogP contribution is 2.30. The summed E-state index contributed by atoms with van der Waals surface area (Å²) >= 11 is 0. The molecule has 1 rings (SSSR count). The van der Waals surface area contributed by atoms with Crippen molar-refractivity contribution in [3.8, 4) is 6.07 Å². The maximum absolute atomic E-state index is 11.4. The van der Waals surface area contributed by atoms with Gasteiger partial charge >= 0.3 is 0 Å². The Hall–Kier alpha value is -1.73. The Kier molecular flexibility index (Phi) is 33.0. The molecule has 0 saturated carbocycles. The first-order valence-electron chi connectivity index (χ1n) is 16.2. The second-order valence-electron chi connectivity index (χ2n) is 10.7. The van der Waals surface area contributed by atoms with E-state index >= 15 is 0 Å². The first-order valence-corrected chi connectivity index (χ1v) is 16.2. The molecule has 0 fully saturated rings. The zero-order valence-electron chi connectivity index (χ0n) is 28.1. The molecular weight excluding hydrogens is 478 g/mol. The van der Waals surface area contributed by atoms with E-state index in [0.717, 1.165) is 36.5 Å². The molecule has 228 valence electrons. The molecule has 0 amide bonds. The summed E-state index contributed by atoms with van der Waals surface area (Å²) in [6, 6.07) is 2.34. The molecule has 4 heteroatoms. The van der Waals surface area contributed by atoms with Crippen LogP contribution in [0.1, 0.15) is 160 Å². The SMILES string of the molecule is C/C=C(C)/C(N=O)=C(C)\C1=C\C(C)CCC(NCCCCCCCCCCC(C)C)CC1.CC.CC.CC#N. The highest BCUT2D eigenvalue weighted by atomic mass is 16.3. The van der Waals surface area contributed by atoms with Crippen molar-refractivity contribution in [1.82, 2.24) is 5.32 Å². The van der Waals surface area contributed by atoms with Gasteiger partial charge in [-0.15, -0.1) is 4.91 Å². The molecule has 39 heavy (non-hydrogen) atoms. The zero-order valence-corrected chi connectivity index (χ0v) is 28.1. The van der Waals surface area contributed by atoms with E-state index in [1.54, 1.807) is 6.07 Å². The lowest BCUT2D eigenvalue weighted by Crippen LogP contribution is -2.31. The topological polar surface area (TPSA) is 65.2 Å². The molecule has 1 aliphatic rings. The van der Waals surface area contributed by atoms with E-state index in [4.69, 9.17) is 5.26 Å². The molecule has 2 atom stereocenters. The fraction of sp³-hybridized carbons (Fsp3) is 0.800. The summed E-state index contributed by atoms with van der Waals surface area (Å²) < 4.78 is 0. The number of nitrogens with zero attached hydrogens (tertiary/aromatic N) is 2. The summed E-state index contributed by atoms with van der Waals surface area (Å²) in [5, 5.41) is 14.5. The molecule has 0 saturated heterocycles. The predicted octanol–water partition coefficient (Wildman–Crippen LogP) is 11.8. The van der Waals surface area contributed by atoms with Crippen molar-refractivity contribution in [2.24, 2.45) is 17.0 Å². The van der Waals surface area contributed by atoms with Crippen LogP contribution >= 0.6 is 0 Å². The lowest BCUT2D eigenvalue weighted by atomic mass is 9.87. The lowest BCUT2D eigenvalue weighted by Gasteiger charge is -2.25. The minimum absolute atomic E-state index is 0.545. The molecule has 0 bridgehead atoms. The molecule has 4 nitrogen and oxygen atoms in total. The van der Waals surface area contributed by atoms with Crippen LogP contribution in [0.3, 0.4) is 0 Å². The summed E-state index contributed by atoms with van der Waals surface area (Å²) in [6.07, 6.45) is 21.5. The molecule has 0 aliphatic heterocycles. The van der Waals surface area contributed by atoms with Crippen LogP contribution < -0.4 is 5.32 Å². The van der Waals surface area contributed by atoms with Crippen molar-refractivity contribution in [1.29, 1.82) is 5.26 Å². The van der Waals surface area contributed by atoms with E-state index in [1.165, 1.54) is 83.1 Å². The van der Waals surface area contributed by atoms with Crippen molar-refractivity contribution in [3.05, 3.63) is 39.5 Å². The molecule has 0 aromatic heterocycles. The van der Waals surface area contributed by atoms with Crippen LogP contribution in [0.2, 0.25) is 0 Å². The average molecular weight is 546 g/mol. The number of nitroso groups, excluding NO2 is 1. The Bertz CT molecular complexity index is 697. The molecule has 0 aromatic carbocycles.